The van der Waals surface area contributed by atoms with Gasteiger partial charge in [-0.15, -0.1) is 0 Å². The van der Waals surface area contributed by atoms with Crippen LogP contribution >= 0.6 is 11.6 Å². The standard InChI is InChI=1S/C28H29ClN2O4/c1-18(2)19-3-5-20(6-4-19)25-17-30-26(34-25)9-10-27(33)31-13-11-28(12-14-31)16-23(32)22-15-21(29)7-8-24(22)35-28/h3-8,15,17-18H,9-14,16H2,1-2H3. The number of carbonyl (C=O) groups is 2. The minimum absolute atomic E-state index is 0.0482. The molecule has 0 N–H and O–H groups in total. The van der Waals surface area contributed by atoms with Gasteiger partial charge in [0.1, 0.15) is 11.4 Å². The molecule has 5 rings (SSSR count). The van der Waals surface area contributed by atoms with Crippen LogP contribution in [-0.2, 0) is 11.2 Å². The fourth-order valence-electron chi connectivity index (χ4n) is 4.87. The first-order valence-electron chi connectivity index (χ1n) is 12.2. The number of aromatic nitrogens is 1. The lowest BCUT2D eigenvalue weighted by Gasteiger charge is -2.44. The van der Waals surface area contributed by atoms with E-state index in [4.69, 9.17) is 20.8 Å². The molecule has 1 saturated heterocycles. The third kappa shape index (κ3) is 4.98. The first-order valence-corrected chi connectivity index (χ1v) is 12.5. The highest BCUT2D eigenvalue weighted by atomic mass is 35.5. The van der Waals surface area contributed by atoms with Crippen LogP contribution in [-0.4, -0.2) is 40.3 Å². The summed E-state index contributed by atoms with van der Waals surface area (Å²) >= 11 is 6.03. The summed E-state index contributed by atoms with van der Waals surface area (Å²) < 4.78 is 12.2. The van der Waals surface area contributed by atoms with E-state index < -0.39 is 5.60 Å². The monoisotopic (exact) mass is 492 g/mol. The van der Waals surface area contributed by atoms with Crippen molar-refractivity contribution >= 4 is 23.3 Å². The number of likely N-dealkylation sites (tertiary alicyclic amines) is 1. The first kappa shape index (κ1) is 23.6. The summed E-state index contributed by atoms with van der Waals surface area (Å²) in [6.45, 7) is 5.46. The molecule has 35 heavy (non-hydrogen) atoms. The number of hydrogen-bond donors (Lipinski definition) is 0. The van der Waals surface area contributed by atoms with E-state index in [0.717, 1.165) is 5.56 Å². The summed E-state index contributed by atoms with van der Waals surface area (Å²) in [6, 6.07) is 13.5. The second kappa shape index (κ2) is 9.50. The van der Waals surface area contributed by atoms with Crippen molar-refractivity contribution in [3.05, 3.63) is 70.7 Å². The molecule has 0 unspecified atom stereocenters. The summed E-state index contributed by atoms with van der Waals surface area (Å²) in [6.07, 6.45) is 4.08. The van der Waals surface area contributed by atoms with E-state index in [1.165, 1.54) is 5.56 Å². The molecule has 3 heterocycles. The van der Waals surface area contributed by atoms with Crippen LogP contribution in [0.15, 0.2) is 53.1 Å². The van der Waals surface area contributed by atoms with Gasteiger partial charge in [-0.3, -0.25) is 9.59 Å². The van der Waals surface area contributed by atoms with E-state index in [-0.39, 0.29) is 11.7 Å². The number of oxazole rings is 1. The van der Waals surface area contributed by atoms with Gasteiger partial charge in [0, 0.05) is 49.4 Å². The van der Waals surface area contributed by atoms with E-state index in [2.05, 4.69) is 31.0 Å². The number of benzene rings is 2. The van der Waals surface area contributed by atoms with Gasteiger partial charge < -0.3 is 14.1 Å². The Bertz CT molecular complexity index is 1240. The fraction of sp³-hybridized carbons (Fsp3) is 0.393. The summed E-state index contributed by atoms with van der Waals surface area (Å²) in [5.41, 5.74) is 2.26. The quantitative estimate of drug-likeness (QED) is 0.431. The topological polar surface area (TPSA) is 72.6 Å². The van der Waals surface area contributed by atoms with Gasteiger partial charge in [0.15, 0.2) is 17.4 Å². The Kier molecular flexibility index (Phi) is 6.41. The molecule has 2 aliphatic heterocycles. The molecule has 1 spiro atoms. The van der Waals surface area contributed by atoms with Crippen molar-refractivity contribution in [3.63, 3.8) is 0 Å². The molecule has 1 amide bonds. The molecule has 7 heteroatoms. The molecule has 2 aliphatic rings. The van der Waals surface area contributed by atoms with Crippen LogP contribution in [0.1, 0.15) is 67.3 Å². The molecular weight excluding hydrogens is 464 g/mol. The van der Waals surface area contributed by atoms with Crippen LogP contribution in [0.2, 0.25) is 5.02 Å². The van der Waals surface area contributed by atoms with Gasteiger partial charge in [0.2, 0.25) is 5.91 Å². The highest BCUT2D eigenvalue weighted by Gasteiger charge is 2.43. The number of Topliss-reactive ketones (excluding diaryl/α,β-unsaturated/α-hetero) is 1. The zero-order chi connectivity index (χ0) is 24.6. The van der Waals surface area contributed by atoms with Crippen LogP contribution in [0, 0.1) is 0 Å². The summed E-state index contributed by atoms with van der Waals surface area (Å²) in [7, 11) is 0. The summed E-state index contributed by atoms with van der Waals surface area (Å²) in [5.74, 6) is 2.45. The van der Waals surface area contributed by atoms with E-state index >= 15 is 0 Å². The molecule has 0 atom stereocenters. The molecule has 1 aromatic heterocycles. The van der Waals surface area contributed by atoms with Crippen LogP contribution < -0.4 is 4.74 Å². The summed E-state index contributed by atoms with van der Waals surface area (Å²) in [4.78, 5) is 31.8. The van der Waals surface area contributed by atoms with Crippen LogP contribution in [0.3, 0.4) is 0 Å². The molecule has 0 saturated carbocycles. The molecule has 0 aliphatic carbocycles. The highest BCUT2D eigenvalue weighted by Crippen LogP contribution is 2.40. The Morgan fingerprint density at radius 3 is 2.60 bits per heavy atom. The van der Waals surface area contributed by atoms with Gasteiger partial charge in [0.05, 0.1) is 18.2 Å². The molecule has 3 aromatic rings. The highest BCUT2D eigenvalue weighted by molar-refractivity contribution is 6.31. The van der Waals surface area contributed by atoms with Crippen LogP contribution in [0.4, 0.5) is 0 Å². The van der Waals surface area contributed by atoms with E-state index in [9.17, 15) is 9.59 Å². The second-order valence-corrected chi connectivity index (χ2v) is 10.2. The predicted molar refractivity (Wildman–Crippen MR) is 134 cm³/mol. The number of ketones is 1. The Morgan fingerprint density at radius 2 is 1.89 bits per heavy atom. The predicted octanol–water partition coefficient (Wildman–Crippen LogP) is 6.08. The van der Waals surface area contributed by atoms with Gasteiger partial charge in [-0.25, -0.2) is 4.98 Å². The maximum atomic E-state index is 12.9. The van der Waals surface area contributed by atoms with E-state index in [0.29, 0.717) is 79.1 Å². The molecule has 182 valence electrons. The summed E-state index contributed by atoms with van der Waals surface area (Å²) in [5, 5.41) is 0.527. The van der Waals surface area contributed by atoms with Crippen molar-refractivity contribution in [3.8, 4) is 17.1 Å². The Morgan fingerprint density at radius 1 is 1.14 bits per heavy atom. The van der Waals surface area contributed by atoms with Crippen molar-refractivity contribution in [2.75, 3.05) is 13.1 Å². The average Bonchev–Trinajstić information content (AvgIpc) is 3.33. The maximum Gasteiger partial charge on any atom is 0.223 e. The number of carbonyl (C=O) groups excluding carboxylic acids is 2. The third-order valence-corrected chi connectivity index (χ3v) is 7.28. The largest absolute Gasteiger partial charge is 0.486 e. The Labute approximate surface area is 210 Å². The van der Waals surface area contributed by atoms with Crippen molar-refractivity contribution < 1.29 is 18.7 Å². The van der Waals surface area contributed by atoms with Crippen molar-refractivity contribution in [1.29, 1.82) is 0 Å². The molecule has 6 nitrogen and oxygen atoms in total. The lowest BCUT2D eigenvalue weighted by Crippen LogP contribution is -2.52. The van der Waals surface area contributed by atoms with Crippen molar-refractivity contribution in [2.45, 2.75) is 57.5 Å². The first-order chi connectivity index (χ1) is 16.8. The number of aryl methyl sites for hydroxylation is 1. The number of ether oxygens (including phenoxy) is 1. The fourth-order valence-corrected chi connectivity index (χ4v) is 5.04. The number of hydrogen-bond acceptors (Lipinski definition) is 5. The minimum atomic E-state index is -0.544. The molecule has 2 aromatic carbocycles. The third-order valence-electron chi connectivity index (χ3n) is 7.05. The average molecular weight is 493 g/mol. The van der Waals surface area contributed by atoms with Gasteiger partial charge in [-0.2, -0.15) is 0 Å². The number of rotatable bonds is 5. The van der Waals surface area contributed by atoms with E-state index in [1.807, 2.05) is 17.0 Å². The number of nitrogens with zero attached hydrogens (tertiary/aromatic N) is 2. The number of fused-ring (bicyclic) bond motifs is 1. The second-order valence-electron chi connectivity index (χ2n) is 9.80. The number of halogens is 1. The van der Waals surface area contributed by atoms with Gasteiger partial charge in [-0.1, -0.05) is 49.7 Å². The van der Waals surface area contributed by atoms with Crippen LogP contribution in [0.25, 0.3) is 11.3 Å². The van der Waals surface area contributed by atoms with E-state index in [1.54, 1.807) is 24.4 Å². The SMILES string of the molecule is CC(C)c1ccc(-c2cnc(CCC(=O)N3CCC4(CC3)CC(=O)c3cc(Cl)ccc3O4)o2)cc1. The van der Waals surface area contributed by atoms with Crippen LogP contribution in [0.5, 0.6) is 5.75 Å². The lowest BCUT2D eigenvalue weighted by atomic mass is 9.82. The zero-order valence-electron chi connectivity index (χ0n) is 20.1. The Balaban J connectivity index is 1.15. The van der Waals surface area contributed by atoms with Gasteiger partial charge in [-0.05, 0) is 29.7 Å². The van der Waals surface area contributed by atoms with Gasteiger partial charge in [0.25, 0.3) is 0 Å². The molecular formula is C28H29ClN2O4. The minimum Gasteiger partial charge on any atom is -0.486 e. The zero-order valence-corrected chi connectivity index (χ0v) is 20.8. The lowest BCUT2D eigenvalue weighted by molar-refractivity contribution is -0.134. The Hall–Kier alpha value is -3.12. The van der Waals surface area contributed by atoms with Crippen molar-refractivity contribution in [2.24, 2.45) is 0 Å². The number of amides is 1. The molecule has 1 fully saturated rings. The number of piperidine rings is 1. The smallest absolute Gasteiger partial charge is 0.223 e. The van der Waals surface area contributed by atoms with Crippen molar-refractivity contribution in [1.82, 2.24) is 9.88 Å². The molecule has 0 bridgehead atoms. The normalized spacial score (nSPS) is 16.9. The van der Waals surface area contributed by atoms with Gasteiger partial charge >= 0.3 is 0 Å². The maximum absolute atomic E-state index is 12.9. The molecule has 0 radical (unpaired) electrons.